The fourth-order valence-electron chi connectivity index (χ4n) is 1.44. The molecule has 0 aliphatic carbocycles. The van der Waals surface area contributed by atoms with Gasteiger partial charge in [-0.15, -0.1) is 0 Å². The van der Waals surface area contributed by atoms with Gasteiger partial charge in [0.05, 0.1) is 13.2 Å². The first-order chi connectivity index (χ1) is 8.29. The van der Waals surface area contributed by atoms with Crippen LogP contribution in [-0.2, 0) is 20.7 Å². The van der Waals surface area contributed by atoms with Gasteiger partial charge in [0.25, 0.3) is 0 Å². The minimum atomic E-state index is -0.360. The Labute approximate surface area is 103 Å². The van der Waals surface area contributed by atoms with Crippen molar-refractivity contribution in [1.29, 1.82) is 0 Å². The number of carbonyl (C=O) groups excluding carboxylic acids is 1. The molecule has 0 bridgehead atoms. The fraction of sp³-hybridized carbons (Fsp3) is 0.700. The van der Waals surface area contributed by atoms with E-state index in [0.717, 1.165) is 11.5 Å². The summed E-state index contributed by atoms with van der Waals surface area (Å²) in [5, 5.41) is 3.82. The molecule has 1 aromatic rings. The molecule has 0 spiro atoms. The zero-order chi connectivity index (χ0) is 12.1. The molecule has 1 saturated heterocycles. The predicted molar refractivity (Wildman–Crippen MR) is 60.7 cm³/mol. The molecule has 1 atom stereocenters. The van der Waals surface area contributed by atoms with Gasteiger partial charge in [-0.3, -0.25) is 4.79 Å². The van der Waals surface area contributed by atoms with E-state index in [1.54, 1.807) is 18.7 Å². The number of hydrogen-bond acceptors (Lipinski definition) is 7. The van der Waals surface area contributed by atoms with Gasteiger partial charge in [0.1, 0.15) is 12.5 Å². The fourth-order valence-corrected chi connectivity index (χ4v) is 2.28. The van der Waals surface area contributed by atoms with E-state index in [4.69, 9.17) is 14.0 Å². The molecule has 6 nitrogen and oxygen atoms in total. The van der Waals surface area contributed by atoms with Crippen LogP contribution in [0.25, 0.3) is 0 Å². The molecule has 0 radical (unpaired) electrons. The number of hydrogen-bond donors (Lipinski definition) is 0. The zero-order valence-electron chi connectivity index (χ0n) is 9.55. The second-order valence-electron chi connectivity index (χ2n) is 3.46. The van der Waals surface area contributed by atoms with E-state index in [9.17, 15) is 4.79 Å². The van der Waals surface area contributed by atoms with Gasteiger partial charge in [0.15, 0.2) is 0 Å². The molecule has 0 N–H and O–H groups in total. The van der Waals surface area contributed by atoms with Crippen LogP contribution in [-0.4, -0.2) is 40.8 Å². The Bertz CT molecular complexity index is 376. The molecule has 0 amide bonds. The first-order valence-electron chi connectivity index (χ1n) is 5.47. The lowest BCUT2D eigenvalue weighted by atomic mass is 10.3. The molecule has 1 fully saturated rings. The summed E-state index contributed by atoms with van der Waals surface area (Å²) in [6.07, 6.45) is -0.116. The number of nitrogens with zero attached hydrogens (tertiary/aromatic N) is 2. The normalized spacial score (nSPS) is 20.2. The first kappa shape index (κ1) is 12.4. The molecule has 1 aromatic heterocycles. The minimum Gasteiger partial charge on any atom is -0.466 e. The van der Waals surface area contributed by atoms with Crippen molar-refractivity contribution in [3.05, 3.63) is 11.7 Å². The van der Waals surface area contributed by atoms with Gasteiger partial charge < -0.3 is 14.0 Å². The molecule has 0 saturated carbocycles. The summed E-state index contributed by atoms with van der Waals surface area (Å²) in [6, 6.07) is 0. The third kappa shape index (κ3) is 3.44. The summed E-state index contributed by atoms with van der Waals surface area (Å²) in [5.41, 5.74) is 0. The van der Waals surface area contributed by atoms with Crippen LogP contribution < -0.4 is 0 Å². The quantitative estimate of drug-likeness (QED) is 0.745. The van der Waals surface area contributed by atoms with Crippen molar-refractivity contribution < 1.29 is 18.8 Å². The first-order valence-corrected chi connectivity index (χ1v) is 6.62. The smallest absolute Gasteiger partial charge is 0.315 e. The molecular formula is C10H14N2O4S. The average molecular weight is 258 g/mol. The van der Waals surface area contributed by atoms with Crippen molar-refractivity contribution in [2.45, 2.75) is 19.4 Å². The third-order valence-electron chi connectivity index (χ3n) is 2.19. The summed E-state index contributed by atoms with van der Waals surface area (Å²) in [6.45, 7) is 2.80. The SMILES string of the molecule is CCOC(=O)Cc1nc(C2CSCCO2)no1. The van der Waals surface area contributed by atoms with Crippen LogP contribution in [0.5, 0.6) is 0 Å². The lowest BCUT2D eigenvalue weighted by molar-refractivity contribution is -0.142. The van der Waals surface area contributed by atoms with Crippen LogP contribution in [0.1, 0.15) is 24.7 Å². The highest BCUT2D eigenvalue weighted by molar-refractivity contribution is 7.99. The minimum absolute atomic E-state index is 0.0146. The standard InChI is InChI=1S/C10H14N2O4S/c1-2-14-9(13)5-8-11-10(12-16-8)7-6-17-4-3-15-7/h7H,2-6H2,1H3. The van der Waals surface area contributed by atoms with Gasteiger partial charge in [0.2, 0.25) is 11.7 Å². The molecule has 0 aromatic carbocycles. The number of thioether (sulfide) groups is 1. The van der Waals surface area contributed by atoms with Crippen molar-refractivity contribution in [3.63, 3.8) is 0 Å². The van der Waals surface area contributed by atoms with Gasteiger partial charge in [-0.1, -0.05) is 5.16 Å². The molecule has 1 unspecified atom stereocenters. The number of ether oxygens (including phenoxy) is 2. The maximum Gasteiger partial charge on any atom is 0.315 e. The molecule has 1 aliphatic heterocycles. The molecular weight excluding hydrogens is 244 g/mol. The van der Waals surface area contributed by atoms with E-state index >= 15 is 0 Å². The molecule has 7 heteroatoms. The van der Waals surface area contributed by atoms with E-state index in [1.807, 2.05) is 0 Å². The summed E-state index contributed by atoms with van der Waals surface area (Å²) in [5.74, 6) is 2.23. The number of esters is 1. The molecule has 1 aliphatic rings. The van der Waals surface area contributed by atoms with E-state index in [-0.39, 0.29) is 24.4 Å². The second kappa shape index (κ2) is 6.02. The average Bonchev–Trinajstić information content (AvgIpc) is 2.79. The molecule has 94 valence electrons. The van der Waals surface area contributed by atoms with Crippen molar-refractivity contribution in [3.8, 4) is 0 Å². The Balaban J connectivity index is 1.93. The summed E-state index contributed by atoms with van der Waals surface area (Å²) >= 11 is 1.79. The van der Waals surface area contributed by atoms with Crippen molar-refractivity contribution in [1.82, 2.24) is 10.1 Å². The third-order valence-corrected chi connectivity index (χ3v) is 3.18. The summed E-state index contributed by atoms with van der Waals surface area (Å²) in [4.78, 5) is 15.4. The second-order valence-corrected chi connectivity index (χ2v) is 4.61. The Hall–Kier alpha value is -1.08. The monoisotopic (exact) mass is 258 g/mol. The number of carbonyl (C=O) groups is 1. The number of rotatable bonds is 4. The van der Waals surface area contributed by atoms with Crippen molar-refractivity contribution in [2.75, 3.05) is 24.7 Å². The lowest BCUT2D eigenvalue weighted by Crippen LogP contribution is -2.17. The van der Waals surface area contributed by atoms with Gasteiger partial charge in [-0.2, -0.15) is 16.7 Å². The highest BCUT2D eigenvalue weighted by atomic mass is 32.2. The molecule has 2 rings (SSSR count). The van der Waals surface area contributed by atoms with Gasteiger partial charge in [-0.05, 0) is 6.92 Å². The Morgan fingerprint density at radius 1 is 1.65 bits per heavy atom. The van der Waals surface area contributed by atoms with E-state index in [2.05, 4.69) is 10.1 Å². The molecule has 2 heterocycles. The van der Waals surface area contributed by atoms with Crippen LogP contribution in [0.15, 0.2) is 4.52 Å². The maximum absolute atomic E-state index is 11.2. The largest absolute Gasteiger partial charge is 0.466 e. The van der Waals surface area contributed by atoms with Crippen LogP contribution in [0, 0.1) is 0 Å². The van der Waals surface area contributed by atoms with Crippen LogP contribution >= 0.6 is 11.8 Å². The Morgan fingerprint density at radius 3 is 3.24 bits per heavy atom. The highest BCUT2D eigenvalue weighted by Crippen LogP contribution is 2.24. The van der Waals surface area contributed by atoms with E-state index in [0.29, 0.717) is 19.0 Å². The van der Waals surface area contributed by atoms with Crippen molar-refractivity contribution >= 4 is 17.7 Å². The highest BCUT2D eigenvalue weighted by Gasteiger charge is 2.22. The van der Waals surface area contributed by atoms with Gasteiger partial charge in [0, 0.05) is 11.5 Å². The predicted octanol–water partition coefficient (Wildman–Crippen LogP) is 0.980. The van der Waals surface area contributed by atoms with Crippen molar-refractivity contribution in [2.24, 2.45) is 0 Å². The topological polar surface area (TPSA) is 74.5 Å². The summed E-state index contributed by atoms with van der Waals surface area (Å²) < 4.78 is 15.3. The van der Waals surface area contributed by atoms with Crippen LogP contribution in [0.4, 0.5) is 0 Å². The summed E-state index contributed by atoms with van der Waals surface area (Å²) in [7, 11) is 0. The Morgan fingerprint density at radius 2 is 2.53 bits per heavy atom. The van der Waals surface area contributed by atoms with E-state index < -0.39 is 0 Å². The number of aromatic nitrogens is 2. The molecule has 17 heavy (non-hydrogen) atoms. The lowest BCUT2D eigenvalue weighted by Gasteiger charge is -2.18. The Kier molecular flexibility index (Phi) is 4.38. The zero-order valence-corrected chi connectivity index (χ0v) is 10.4. The van der Waals surface area contributed by atoms with Crippen LogP contribution in [0.2, 0.25) is 0 Å². The van der Waals surface area contributed by atoms with Gasteiger partial charge in [-0.25, -0.2) is 0 Å². The maximum atomic E-state index is 11.2. The van der Waals surface area contributed by atoms with Crippen LogP contribution in [0.3, 0.4) is 0 Å². The van der Waals surface area contributed by atoms with Gasteiger partial charge >= 0.3 is 5.97 Å². The van der Waals surface area contributed by atoms with E-state index in [1.165, 1.54) is 0 Å².